The molecule has 7 nitrogen and oxygen atoms in total. The van der Waals surface area contributed by atoms with E-state index in [0.717, 1.165) is 11.3 Å². The highest BCUT2D eigenvalue weighted by molar-refractivity contribution is 8.00. The van der Waals surface area contributed by atoms with Gasteiger partial charge in [-0.25, -0.2) is 4.68 Å². The van der Waals surface area contributed by atoms with Gasteiger partial charge in [0.1, 0.15) is 5.75 Å². The number of carbonyl (C=O) groups is 1. The molecule has 1 heterocycles. The van der Waals surface area contributed by atoms with Crippen LogP contribution in [0.1, 0.15) is 13.8 Å². The Kier molecular flexibility index (Phi) is 6.09. The summed E-state index contributed by atoms with van der Waals surface area (Å²) < 4.78 is 6.77. The summed E-state index contributed by atoms with van der Waals surface area (Å²) in [5.74, 6) is 9.52. The van der Waals surface area contributed by atoms with Crippen molar-refractivity contribution in [2.24, 2.45) is 0 Å². The Hall–Kier alpha value is -2.66. The van der Waals surface area contributed by atoms with Crippen LogP contribution in [0.25, 0.3) is 11.4 Å². The summed E-state index contributed by atoms with van der Waals surface area (Å²) >= 11 is 1.21. The molecule has 2 aromatic rings. The molecule has 0 aliphatic heterocycles. The Balaban J connectivity index is 2.10. The minimum Gasteiger partial charge on any atom is -0.494 e. The van der Waals surface area contributed by atoms with Crippen molar-refractivity contribution in [1.82, 2.24) is 20.2 Å². The molecule has 1 amide bonds. The number of nitrogen functional groups attached to an aromatic ring is 1. The largest absolute Gasteiger partial charge is 0.494 e. The number of amides is 1. The molecule has 8 heteroatoms. The van der Waals surface area contributed by atoms with E-state index in [1.165, 1.54) is 16.4 Å². The second kappa shape index (κ2) is 8.26. The van der Waals surface area contributed by atoms with E-state index in [1.807, 2.05) is 31.2 Å². The van der Waals surface area contributed by atoms with E-state index in [0.29, 0.717) is 17.6 Å². The SMILES string of the molecule is C#CCNC(=O)C(C)Sc1nnc(-c2ccc(OCC)cc2)n1N. The number of hydrogen-bond acceptors (Lipinski definition) is 6. The van der Waals surface area contributed by atoms with Gasteiger partial charge in [0.15, 0.2) is 5.82 Å². The van der Waals surface area contributed by atoms with Crippen LogP contribution >= 0.6 is 11.8 Å². The third-order valence-corrected chi connectivity index (χ3v) is 4.16. The van der Waals surface area contributed by atoms with Gasteiger partial charge in [0.05, 0.1) is 18.4 Å². The molecule has 2 rings (SSSR count). The molecule has 3 N–H and O–H groups in total. The highest BCUT2D eigenvalue weighted by Gasteiger charge is 2.19. The molecule has 0 radical (unpaired) electrons. The number of nitrogens with one attached hydrogen (secondary N) is 1. The summed E-state index contributed by atoms with van der Waals surface area (Å²) in [5, 5.41) is 10.8. The van der Waals surface area contributed by atoms with Gasteiger partial charge >= 0.3 is 0 Å². The average molecular weight is 345 g/mol. The Morgan fingerprint density at radius 3 is 2.79 bits per heavy atom. The fourth-order valence-electron chi connectivity index (χ4n) is 1.91. The zero-order chi connectivity index (χ0) is 17.5. The van der Waals surface area contributed by atoms with E-state index in [2.05, 4.69) is 21.4 Å². The summed E-state index contributed by atoms with van der Waals surface area (Å²) in [6.45, 7) is 4.47. The highest BCUT2D eigenvalue weighted by Crippen LogP contribution is 2.25. The van der Waals surface area contributed by atoms with E-state index in [9.17, 15) is 4.79 Å². The van der Waals surface area contributed by atoms with Crippen LogP contribution in [-0.4, -0.2) is 39.2 Å². The predicted molar refractivity (Wildman–Crippen MR) is 93.9 cm³/mol. The zero-order valence-corrected chi connectivity index (χ0v) is 14.3. The zero-order valence-electron chi connectivity index (χ0n) is 13.5. The number of nitrogens with two attached hydrogens (primary N) is 1. The maximum absolute atomic E-state index is 11.9. The van der Waals surface area contributed by atoms with E-state index >= 15 is 0 Å². The fraction of sp³-hybridized carbons (Fsp3) is 0.312. The van der Waals surface area contributed by atoms with Crippen LogP contribution in [0.3, 0.4) is 0 Å². The number of ether oxygens (including phenoxy) is 1. The fourth-order valence-corrected chi connectivity index (χ4v) is 2.71. The molecule has 0 saturated carbocycles. The van der Waals surface area contributed by atoms with Gasteiger partial charge < -0.3 is 15.9 Å². The van der Waals surface area contributed by atoms with Crippen molar-refractivity contribution < 1.29 is 9.53 Å². The van der Waals surface area contributed by atoms with Gasteiger partial charge in [0, 0.05) is 5.56 Å². The Morgan fingerprint density at radius 2 is 2.17 bits per heavy atom. The molecule has 1 aromatic heterocycles. The van der Waals surface area contributed by atoms with Crippen LogP contribution in [0.15, 0.2) is 29.4 Å². The molecule has 0 saturated heterocycles. The van der Waals surface area contributed by atoms with Crippen LogP contribution in [0, 0.1) is 12.3 Å². The van der Waals surface area contributed by atoms with Crippen molar-refractivity contribution in [3.05, 3.63) is 24.3 Å². The third-order valence-electron chi connectivity index (χ3n) is 3.10. The second-order valence-electron chi connectivity index (χ2n) is 4.82. The lowest BCUT2D eigenvalue weighted by Gasteiger charge is -2.10. The normalized spacial score (nSPS) is 11.5. The number of rotatable bonds is 7. The lowest BCUT2D eigenvalue weighted by molar-refractivity contribution is -0.120. The summed E-state index contributed by atoms with van der Waals surface area (Å²) in [7, 11) is 0. The van der Waals surface area contributed by atoms with E-state index in [4.69, 9.17) is 17.0 Å². The van der Waals surface area contributed by atoms with Crippen LogP contribution in [0.4, 0.5) is 0 Å². The summed E-state index contributed by atoms with van der Waals surface area (Å²) in [4.78, 5) is 11.9. The lowest BCUT2D eigenvalue weighted by atomic mass is 10.2. The molecule has 0 fully saturated rings. The quantitative estimate of drug-likeness (QED) is 0.446. The lowest BCUT2D eigenvalue weighted by Crippen LogP contribution is -2.31. The number of terminal acetylenes is 1. The molecular weight excluding hydrogens is 326 g/mol. The average Bonchev–Trinajstić information content (AvgIpc) is 2.94. The molecule has 0 bridgehead atoms. The van der Waals surface area contributed by atoms with Gasteiger partial charge in [-0.2, -0.15) is 0 Å². The highest BCUT2D eigenvalue weighted by atomic mass is 32.2. The maximum atomic E-state index is 11.9. The minimum absolute atomic E-state index is 0.177. The van der Waals surface area contributed by atoms with Gasteiger partial charge in [0.25, 0.3) is 0 Å². The van der Waals surface area contributed by atoms with Gasteiger partial charge in [-0.1, -0.05) is 17.7 Å². The van der Waals surface area contributed by atoms with Crippen molar-refractivity contribution in [2.75, 3.05) is 19.0 Å². The molecule has 1 atom stereocenters. The maximum Gasteiger partial charge on any atom is 0.234 e. The third kappa shape index (κ3) is 4.20. The number of nitrogens with zero attached hydrogens (tertiary/aromatic N) is 3. The number of hydrogen-bond donors (Lipinski definition) is 2. The van der Waals surface area contributed by atoms with Gasteiger partial charge in [0.2, 0.25) is 11.1 Å². The van der Waals surface area contributed by atoms with Gasteiger partial charge in [-0.15, -0.1) is 16.6 Å². The number of aromatic nitrogens is 3. The van der Waals surface area contributed by atoms with Crippen molar-refractivity contribution in [3.8, 4) is 29.5 Å². The van der Waals surface area contributed by atoms with Crippen LogP contribution in [-0.2, 0) is 4.79 Å². The number of thioether (sulfide) groups is 1. The molecule has 0 aliphatic rings. The molecule has 1 unspecified atom stereocenters. The van der Waals surface area contributed by atoms with Crippen molar-refractivity contribution >= 4 is 17.7 Å². The van der Waals surface area contributed by atoms with Gasteiger partial charge in [-0.3, -0.25) is 4.79 Å². The first-order valence-electron chi connectivity index (χ1n) is 7.38. The van der Waals surface area contributed by atoms with Crippen LogP contribution < -0.4 is 15.9 Å². The first-order chi connectivity index (χ1) is 11.6. The predicted octanol–water partition coefficient (Wildman–Crippen LogP) is 1.29. The Labute approximate surface area is 144 Å². The first kappa shape index (κ1) is 17.7. The summed E-state index contributed by atoms with van der Waals surface area (Å²) in [6, 6.07) is 7.40. The van der Waals surface area contributed by atoms with Crippen molar-refractivity contribution in [1.29, 1.82) is 0 Å². The Bertz CT molecular complexity index is 736. The van der Waals surface area contributed by atoms with E-state index < -0.39 is 5.25 Å². The topological polar surface area (TPSA) is 95.1 Å². The minimum atomic E-state index is -0.391. The van der Waals surface area contributed by atoms with E-state index in [-0.39, 0.29) is 12.5 Å². The van der Waals surface area contributed by atoms with E-state index in [1.54, 1.807) is 6.92 Å². The molecule has 24 heavy (non-hydrogen) atoms. The van der Waals surface area contributed by atoms with Crippen LogP contribution in [0.2, 0.25) is 0 Å². The molecule has 126 valence electrons. The summed E-state index contributed by atoms with van der Waals surface area (Å²) in [6.07, 6.45) is 5.12. The summed E-state index contributed by atoms with van der Waals surface area (Å²) in [5.41, 5.74) is 0.810. The molecular formula is C16H19N5O2S. The standard InChI is InChI=1S/C16H19N5O2S/c1-4-10-18-15(22)11(3)24-16-20-19-14(21(16)17)12-6-8-13(9-7-12)23-5-2/h1,6-9,11H,5,10,17H2,2-3H3,(H,18,22). The van der Waals surface area contributed by atoms with Crippen molar-refractivity contribution in [3.63, 3.8) is 0 Å². The molecule has 1 aromatic carbocycles. The van der Waals surface area contributed by atoms with Gasteiger partial charge in [-0.05, 0) is 38.1 Å². The van der Waals surface area contributed by atoms with Crippen molar-refractivity contribution in [2.45, 2.75) is 24.3 Å². The Morgan fingerprint density at radius 1 is 1.46 bits per heavy atom. The second-order valence-corrected chi connectivity index (χ2v) is 6.12. The molecule has 0 spiro atoms. The number of benzene rings is 1. The molecule has 0 aliphatic carbocycles. The first-order valence-corrected chi connectivity index (χ1v) is 8.26. The monoisotopic (exact) mass is 345 g/mol. The number of carbonyl (C=O) groups excluding carboxylic acids is 1. The van der Waals surface area contributed by atoms with Crippen LogP contribution in [0.5, 0.6) is 5.75 Å². The smallest absolute Gasteiger partial charge is 0.234 e.